The zero-order valence-electron chi connectivity index (χ0n) is 55.8. The first kappa shape index (κ1) is 79.9. The third-order valence-corrected chi connectivity index (χ3v) is 17.2. The van der Waals surface area contributed by atoms with Crippen LogP contribution in [0.25, 0.3) is 0 Å². The Morgan fingerprint density at radius 2 is 0.427 bits per heavy atom. The van der Waals surface area contributed by atoms with Gasteiger partial charge >= 0.3 is 17.9 Å². The molecule has 0 aliphatic rings. The van der Waals surface area contributed by atoms with E-state index in [-0.39, 0.29) is 31.1 Å². The van der Waals surface area contributed by atoms with Gasteiger partial charge in [-0.15, -0.1) is 0 Å². The maximum atomic E-state index is 12.9. The predicted molar refractivity (Wildman–Crippen MR) is 358 cm³/mol. The minimum absolute atomic E-state index is 0.0677. The fourth-order valence-corrected chi connectivity index (χ4v) is 11.6. The highest BCUT2D eigenvalue weighted by Crippen LogP contribution is 2.19. The van der Waals surface area contributed by atoms with Gasteiger partial charge in [-0.1, -0.05) is 366 Å². The molecule has 0 fully saturated rings. The number of esters is 3. The second-order valence-electron chi connectivity index (χ2n) is 25.6. The lowest BCUT2D eigenvalue weighted by atomic mass is 10.0. The largest absolute Gasteiger partial charge is 0.462 e. The van der Waals surface area contributed by atoms with Gasteiger partial charge in [-0.2, -0.15) is 0 Å². The van der Waals surface area contributed by atoms with Gasteiger partial charge < -0.3 is 14.2 Å². The third kappa shape index (κ3) is 68.7. The molecule has 0 aromatic rings. The molecule has 1 atom stereocenters. The summed E-state index contributed by atoms with van der Waals surface area (Å²) in [5.74, 6) is -0.846. The summed E-state index contributed by atoms with van der Waals surface area (Å²) in [4.78, 5) is 38.4. The van der Waals surface area contributed by atoms with E-state index in [1.54, 1.807) is 0 Å². The summed E-state index contributed by atoms with van der Waals surface area (Å²) < 4.78 is 17.0. The molecule has 0 heterocycles. The molecule has 0 aliphatic carbocycles. The second kappa shape index (κ2) is 71.4. The Hall–Kier alpha value is -2.11. The Morgan fingerprint density at radius 1 is 0.232 bits per heavy atom. The van der Waals surface area contributed by atoms with Crippen LogP contribution in [-0.2, 0) is 28.6 Å². The highest BCUT2D eigenvalue weighted by molar-refractivity contribution is 5.71. The highest BCUT2D eigenvalue weighted by Gasteiger charge is 2.20. The molecule has 6 nitrogen and oxygen atoms in total. The van der Waals surface area contributed by atoms with Crippen LogP contribution in [0.2, 0.25) is 0 Å². The SMILES string of the molecule is CCC/C=C\CCCCCCCC(=O)OCC(COC(=O)CCCCCCCCCCCCCCCCCCC/C=C\CCCCCCCCCC)OC(=O)CCCCCCCCCCCCCCCCCCCCCCCCCCC. The van der Waals surface area contributed by atoms with E-state index in [2.05, 4.69) is 45.1 Å². The number of allylic oxidation sites excluding steroid dienone is 4. The molecule has 0 aromatic carbocycles. The lowest BCUT2D eigenvalue weighted by Crippen LogP contribution is -2.30. The maximum Gasteiger partial charge on any atom is 0.306 e. The number of hydrogen-bond acceptors (Lipinski definition) is 6. The zero-order chi connectivity index (χ0) is 59.2. The number of carbonyl (C=O) groups is 3. The molecule has 0 spiro atoms. The number of hydrogen-bond donors (Lipinski definition) is 0. The summed E-state index contributed by atoms with van der Waals surface area (Å²) in [6, 6.07) is 0. The van der Waals surface area contributed by atoms with Crippen molar-refractivity contribution in [2.24, 2.45) is 0 Å². The van der Waals surface area contributed by atoms with Gasteiger partial charge in [0, 0.05) is 19.3 Å². The predicted octanol–water partition coefficient (Wildman–Crippen LogP) is 25.7. The minimum atomic E-state index is -0.771. The number of rotatable bonds is 70. The van der Waals surface area contributed by atoms with E-state index in [1.165, 1.54) is 315 Å². The fraction of sp³-hybridized carbons (Fsp3) is 0.908. The van der Waals surface area contributed by atoms with Crippen LogP contribution in [0, 0.1) is 0 Å². The van der Waals surface area contributed by atoms with Gasteiger partial charge in [-0.25, -0.2) is 0 Å². The van der Waals surface area contributed by atoms with Crippen LogP contribution in [0.4, 0.5) is 0 Å². The van der Waals surface area contributed by atoms with Gasteiger partial charge in [-0.3, -0.25) is 14.4 Å². The van der Waals surface area contributed by atoms with Gasteiger partial charge in [0.05, 0.1) is 0 Å². The molecule has 0 rings (SSSR count). The van der Waals surface area contributed by atoms with Crippen molar-refractivity contribution in [3.8, 4) is 0 Å². The van der Waals surface area contributed by atoms with Crippen LogP contribution in [0.1, 0.15) is 425 Å². The summed E-state index contributed by atoms with van der Waals surface area (Å²) in [5, 5.41) is 0. The van der Waals surface area contributed by atoms with Crippen molar-refractivity contribution < 1.29 is 28.6 Å². The van der Waals surface area contributed by atoms with Crippen molar-refractivity contribution in [3.63, 3.8) is 0 Å². The molecule has 0 amide bonds. The molecule has 1 unspecified atom stereocenters. The summed E-state index contributed by atoms with van der Waals surface area (Å²) in [6.07, 6.45) is 88.2. The van der Waals surface area contributed by atoms with Crippen molar-refractivity contribution in [1.82, 2.24) is 0 Å². The highest BCUT2D eigenvalue weighted by atomic mass is 16.6. The van der Waals surface area contributed by atoms with E-state index in [4.69, 9.17) is 14.2 Å². The lowest BCUT2D eigenvalue weighted by molar-refractivity contribution is -0.167. The quantitative estimate of drug-likeness (QED) is 0.0261. The van der Waals surface area contributed by atoms with Crippen LogP contribution in [0.5, 0.6) is 0 Å². The van der Waals surface area contributed by atoms with Gasteiger partial charge in [0.15, 0.2) is 6.10 Å². The molecule has 82 heavy (non-hydrogen) atoms. The van der Waals surface area contributed by atoms with Gasteiger partial charge in [0.25, 0.3) is 0 Å². The van der Waals surface area contributed by atoms with Crippen molar-refractivity contribution in [2.75, 3.05) is 13.2 Å². The van der Waals surface area contributed by atoms with E-state index in [1.807, 2.05) is 0 Å². The first-order chi connectivity index (χ1) is 40.5. The van der Waals surface area contributed by atoms with Gasteiger partial charge in [-0.05, 0) is 64.2 Å². The monoisotopic (exact) mass is 1150 g/mol. The van der Waals surface area contributed by atoms with E-state index >= 15 is 0 Å². The summed E-state index contributed by atoms with van der Waals surface area (Å²) in [5.41, 5.74) is 0. The Morgan fingerprint density at radius 3 is 0.659 bits per heavy atom. The summed E-state index contributed by atoms with van der Waals surface area (Å²) in [7, 11) is 0. The average molecular weight is 1150 g/mol. The van der Waals surface area contributed by atoms with Crippen LogP contribution < -0.4 is 0 Å². The van der Waals surface area contributed by atoms with Crippen LogP contribution >= 0.6 is 0 Å². The standard InChI is InChI=1S/C76H144O6/c1-4-7-10-13-16-19-22-24-26-28-30-32-34-36-37-38-39-41-42-44-46-48-50-52-54-57-60-63-66-69-75(78)81-72-73(71-80-74(77)68-65-62-59-56-21-18-15-12-9-6-3)82-76(79)70-67-64-61-58-55-53-51-49-47-45-43-40-35-33-31-29-27-25-23-20-17-14-11-8-5-2/h12,15,28,30,73H,4-11,13-14,16-27,29,31-72H2,1-3H3/b15-12-,30-28-. The molecule has 0 N–H and O–H groups in total. The number of ether oxygens (including phenoxy) is 3. The Balaban J connectivity index is 4.08. The maximum absolute atomic E-state index is 12.9. The molecule has 0 saturated heterocycles. The summed E-state index contributed by atoms with van der Waals surface area (Å²) in [6.45, 7) is 6.66. The average Bonchev–Trinajstić information content (AvgIpc) is 3.48. The van der Waals surface area contributed by atoms with Crippen molar-refractivity contribution in [3.05, 3.63) is 24.3 Å². The second-order valence-corrected chi connectivity index (χ2v) is 25.6. The third-order valence-electron chi connectivity index (χ3n) is 17.2. The number of unbranched alkanes of at least 4 members (excludes halogenated alkanes) is 55. The van der Waals surface area contributed by atoms with Crippen LogP contribution in [-0.4, -0.2) is 37.2 Å². The van der Waals surface area contributed by atoms with Crippen LogP contribution in [0.3, 0.4) is 0 Å². The fourth-order valence-electron chi connectivity index (χ4n) is 11.6. The molecule has 6 heteroatoms. The minimum Gasteiger partial charge on any atom is -0.462 e. The molecule has 0 saturated carbocycles. The van der Waals surface area contributed by atoms with E-state index in [9.17, 15) is 14.4 Å². The molecule has 0 radical (unpaired) electrons. The smallest absolute Gasteiger partial charge is 0.306 e. The van der Waals surface area contributed by atoms with Crippen molar-refractivity contribution >= 4 is 17.9 Å². The zero-order valence-corrected chi connectivity index (χ0v) is 55.8. The molecule has 0 aliphatic heterocycles. The van der Waals surface area contributed by atoms with E-state index in [0.29, 0.717) is 19.3 Å². The molecular weight excluding hydrogens is 1010 g/mol. The van der Waals surface area contributed by atoms with Gasteiger partial charge in [0.2, 0.25) is 0 Å². The lowest BCUT2D eigenvalue weighted by Gasteiger charge is -2.18. The molecule has 0 aromatic heterocycles. The van der Waals surface area contributed by atoms with E-state index < -0.39 is 6.10 Å². The normalized spacial score (nSPS) is 12.1. The first-order valence-corrected chi connectivity index (χ1v) is 37.3. The molecule has 0 bridgehead atoms. The molecular formula is C76H144O6. The number of carbonyl (C=O) groups excluding carboxylic acids is 3. The Bertz CT molecular complexity index is 1320. The van der Waals surface area contributed by atoms with Crippen LogP contribution in [0.15, 0.2) is 24.3 Å². The molecule has 484 valence electrons. The first-order valence-electron chi connectivity index (χ1n) is 37.3. The van der Waals surface area contributed by atoms with Crippen molar-refractivity contribution in [1.29, 1.82) is 0 Å². The van der Waals surface area contributed by atoms with E-state index in [0.717, 1.165) is 70.6 Å². The Kier molecular flexibility index (Phi) is 69.5. The Labute approximate surface area is 513 Å². The topological polar surface area (TPSA) is 78.9 Å². The summed E-state index contributed by atoms with van der Waals surface area (Å²) >= 11 is 0. The van der Waals surface area contributed by atoms with Gasteiger partial charge in [0.1, 0.15) is 13.2 Å². The van der Waals surface area contributed by atoms with Crippen molar-refractivity contribution in [2.45, 2.75) is 431 Å².